The fraction of sp³-hybridized carbons (Fsp3) is 0.333. The molecule has 0 fully saturated rings. The predicted octanol–water partition coefficient (Wildman–Crippen LogP) is 2.38. The summed E-state index contributed by atoms with van der Waals surface area (Å²) in [7, 11) is 4.54. The van der Waals surface area contributed by atoms with E-state index in [0.717, 1.165) is 6.42 Å². The van der Waals surface area contributed by atoms with Gasteiger partial charge in [0.1, 0.15) is 5.69 Å². The molecule has 0 aliphatic carbocycles. The van der Waals surface area contributed by atoms with Gasteiger partial charge in [0, 0.05) is 31.5 Å². The van der Waals surface area contributed by atoms with Gasteiger partial charge < -0.3 is 24.1 Å². The van der Waals surface area contributed by atoms with Crippen molar-refractivity contribution in [3.8, 4) is 28.6 Å². The highest BCUT2D eigenvalue weighted by molar-refractivity contribution is 5.76. The van der Waals surface area contributed by atoms with Crippen molar-refractivity contribution in [3.63, 3.8) is 0 Å². The Kier molecular flexibility index (Phi) is 6.58. The third kappa shape index (κ3) is 4.67. The van der Waals surface area contributed by atoms with Crippen LogP contribution < -0.4 is 19.8 Å². The fourth-order valence-corrected chi connectivity index (χ4v) is 3.96. The number of amides is 1. The van der Waals surface area contributed by atoms with Gasteiger partial charge in [-0.3, -0.25) is 9.59 Å². The molecular formula is C24H26N4O5. The van der Waals surface area contributed by atoms with Crippen molar-refractivity contribution in [2.24, 2.45) is 0 Å². The molecule has 0 radical (unpaired) electrons. The molecule has 1 amide bonds. The monoisotopic (exact) mass is 450 g/mol. The van der Waals surface area contributed by atoms with E-state index in [-0.39, 0.29) is 35.8 Å². The van der Waals surface area contributed by atoms with Crippen molar-refractivity contribution < 1.29 is 19.0 Å². The Balaban J connectivity index is 1.46. The number of rotatable bonds is 7. The van der Waals surface area contributed by atoms with Crippen molar-refractivity contribution in [1.29, 1.82) is 0 Å². The molecule has 172 valence electrons. The summed E-state index contributed by atoms with van der Waals surface area (Å²) in [4.78, 5) is 29.9. The molecule has 4 rings (SSSR count). The van der Waals surface area contributed by atoms with E-state index in [1.54, 1.807) is 12.1 Å². The first-order valence-electron chi connectivity index (χ1n) is 10.6. The highest BCUT2D eigenvalue weighted by Crippen LogP contribution is 2.40. The van der Waals surface area contributed by atoms with Crippen molar-refractivity contribution in [3.05, 3.63) is 63.6 Å². The maximum atomic E-state index is 12.7. The molecule has 1 aliphatic rings. The van der Waals surface area contributed by atoms with Gasteiger partial charge in [-0.25, -0.2) is 0 Å². The van der Waals surface area contributed by atoms with Gasteiger partial charge in [-0.2, -0.15) is 0 Å². The van der Waals surface area contributed by atoms with E-state index in [0.29, 0.717) is 35.9 Å². The van der Waals surface area contributed by atoms with Crippen LogP contribution in [0.3, 0.4) is 0 Å². The van der Waals surface area contributed by atoms with Crippen LogP contribution in [0.2, 0.25) is 0 Å². The molecule has 0 unspecified atom stereocenters. The third-order valence-electron chi connectivity index (χ3n) is 5.76. The van der Waals surface area contributed by atoms with E-state index in [2.05, 4.69) is 21.2 Å². The summed E-state index contributed by atoms with van der Waals surface area (Å²) in [5.41, 5.74) is 2.85. The highest BCUT2D eigenvalue weighted by Gasteiger charge is 2.21. The molecule has 2 aromatic carbocycles. The van der Waals surface area contributed by atoms with Crippen molar-refractivity contribution >= 4 is 5.91 Å². The summed E-state index contributed by atoms with van der Waals surface area (Å²) in [5, 5.41) is 8.24. The molecule has 9 heteroatoms. The van der Waals surface area contributed by atoms with Crippen molar-refractivity contribution in [2.45, 2.75) is 25.8 Å². The number of H-pyrrole nitrogens is 1. The molecule has 0 spiro atoms. The molecule has 1 N–H and O–H groups in total. The Morgan fingerprint density at radius 2 is 1.73 bits per heavy atom. The second-order valence-electron chi connectivity index (χ2n) is 7.70. The summed E-state index contributed by atoms with van der Waals surface area (Å²) in [5.74, 6) is 1.58. The molecule has 0 saturated carbocycles. The molecule has 1 aromatic heterocycles. The summed E-state index contributed by atoms with van der Waals surface area (Å²) in [6.45, 7) is 1.27. The minimum absolute atomic E-state index is 0.000549. The zero-order chi connectivity index (χ0) is 23.4. The first-order chi connectivity index (χ1) is 16.0. The van der Waals surface area contributed by atoms with Gasteiger partial charge in [-0.05, 0) is 29.7 Å². The first-order valence-corrected chi connectivity index (χ1v) is 10.6. The minimum atomic E-state index is -0.384. The fourth-order valence-electron chi connectivity index (χ4n) is 3.96. The van der Waals surface area contributed by atoms with E-state index in [9.17, 15) is 9.59 Å². The van der Waals surface area contributed by atoms with Gasteiger partial charge >= 0.3 is 0 Å². The second-order valence-corrected chi connectivity index (χ2v) is 7.70. The standard InChI is InChI=1S/C24H26N4O5/c1-31-19-12-17(13-20(32-2)22(19)33-3)23-25-24(30)18(26-27-23)8-9-21(29)28-11-10-15-6-4-5-7-16(15)14-28/h4-7,12-13H,8-11,14H2,1-3H3,(H,25,27,30). The lowest BCUT2D eigenvalue weighted by molar-refractivity contribution is -0.132. The number of hydrogen-bond acceptors (Lipinski definition) is 7. The number of fused-ring (bicyclic) bond motifs is 1. The van der Waals surface area contributed by atoms with Crippen LogP contribution in [0.4, 0.5) is 0 Å². The molecule has 2 heterocycles. The number of aryl methyl sites for hydroxylation is 1. The second kappa shape index (κ2) is 9.72. The molecule has 0 atom stereocenters. The highest BCUT2D eigenvalue weighted by atomic mass is 16.5. The zero-order valence-corrected chi connectivity index (χ0v) is 18.9. The van der Waals surface area contributed by atoms with Gasteiger partial charge in [0.25, 0.3) is 5.56 Å². The SMILES string of the molecule is COc1cc(-c2nnc(CCC(=O)N3CCc4ccccc4C3)c(=O)[nH]2)cc(OC)c1OC. The Hall–Kier alpha value is -3.88. The van der Waals surface area contributed by atoms with Crippen LogP contribution in [0.15, 0.2) is 41.2 Å². The number of carbonyl (C=O) groups is 1. The molecule has 33 heavy (non-hydrogen) atoms. The summed E-state index contributed by atoms with van der Waals surface area (Å²) >= 11 is 0. The smallest absolute Gasteiger partial charge is 0.273 e. The normalized spacial score (nSPS) is 12.8. The van der Waals surface area contributed by atoms with Gasteiger partial charge in [0.15, 0.2) is 17.3 Å². The Morgan fingerprint density at radius 3 is 2.36 bits per heavy atom. The third-order valence-corrected chi connectivity index (χ3v) is 5.76. The maximum Gasteiger partial charge on any atom is 0.273 e. The molecule has 0 saturated heterocycles. The summed E-state index contributed by atoms with van der Waals surface area (Å²) < 4.78 is 16.0. The van der Waals surface area contributed by atoms with Gasteiger partial charge in [-0.15, -0.1) is 10.2 Å². The van der Waals surface area contributed by atoms with Crippen LogP contribution in [0.5, 0.6) is 17.2 Å². The Bertz CT molecular complexity index is 1200. The van der Waals surface area contributed by atoms with Crippen LogP contribution in [-0.4, -0.2) is 53.9 Å². The van der Waals surface area contributed by atoms with E-state index >= 15 is 0 Å². The molecular weight excluding hydrogens is 424 g/mol. The van der Waals surface area contributed by atoms with E-state index in [4.69, 9.17) is 14.2 Å². The van der Waals surface area contributed by atoms with Gasteiger partial charge in [0.2, 0.25) is 11.7 Å². The number of aromatic nitrogens is 3. The van der Waals surface area contributed by atoms with Crippen molar-refractivity contribution in [2.75, 3.05) is 27.9 Å². The lowest BCUT2D eigenvalue weighted by Gasteiger charge is -2.28. The average molecular weight is 450 g/mol. The Morgan fingerprint density at radius 1 is 1.03 bits per heavy atom. The number of carbonyl (C=O) groups excluding carboxylic acids is 1. The number of benzene rings is 2. The minimum Gasteiger partial charge on any atom is -0.493 e. The van der Waals surface area contributed by atoms with Gasteiger partial charge in [0.05, 0.1) is 21.3 Å². The first kappa shape index (κ1) is 22.3. The van der Waals surface area contributed by atoms with Crippen molar-refractivity contribution in [1.82, 2.24) is 20.1 Å². The molecule has 0 bridgehead atoms. The van der Waals surface area contributed by atoms with Crippen LogP contribution in [0, 0.1) is 0 Å². The van der Waals surface area contributed by atoms with Crippen LogP contribution >= 0.6 is 0 Å². The zero-order valence-electron chi connectivity index (χ0n) is 18.9. The molecule has 3 aromatic rings. The largest absolute Gasteiger partial charge is 0.493 e. The number of hydrogen-bond donors (Lipinski definition) is 1. The maximum absolute atomic E-state index is 12.7. The Labute approximate surface area is 191 Å². The summed E-state index contributed by atoms with van der Waals surface area (Å²) in [6, 6.07) is 11.5. The number of aromatic amines is 1. The lowest BCUT2D eigenvalue weighted by Crippen LogP contribution is -2.36. The number of nitrogens with zero attached hydrogens (tertiary/aromatic N) is 3. The predicted molar refractivity (Wildman–Crippen MR) is 122 cm³/mol. The number of methoxy groups -OCH3 is 3. The number of nitrogens with one attached hydrogen (secondary N) is 1. The molecule has 1 aliphatic heterocycles. The van der Waals surface area contributed by atoms with Crippen LogP contribution in [0.1, 0.15) is 23.2 Å². The molecule has 9 nitrogen and oxygen atoms in total. The van der Waals surface area contributed by atoms with E-state index in [1.807, 2.05) is 23.1 Å². The van der Waals surface area contributed by atoms with Gasteiger partial charge in [-0.1, -0.05) is 24.3 Å². The quantitative estimate of drug-likeness (QED) is 0.589. The number of ether oxygens (including phenoxy) is 3. The van der Waals surface area contributed by atoms with Crippen LogP contribution in [0.25, 0.3) is 11.4 Å². The topological polar surface area (TPSA) is 107 Å². The lowest BCUT2D eigenvalue weighted by atomic mass is 9.99. The van der Waals surface area contributed by atoms with E-state index in [1.165, 1.54) is 32.5 Å². The summed E-state index contributed by atoms with van der Waals surface area (Å²) in [6.07, 6.45) is 1.25. The van der Waals surface area contributed by atoms with Crippen LogP contribution in [-0.2, 0) is 24.2 Å². The average Bonchev–Trinajstić information content (AvgIpc) is 2.86. The van der Waals surface area contributed by atoms with E-state index < -0.39 is 0 Å².